The average Bonchev–Trinajstić information content (AvgIpc) is 0.743. The van der Waals surface area contributed by atoms with E-state index in [1.807, 2.05) is 123 Å². The zero-order valence-corrected chi connectivity index (χ0v) is 75.0. The van der Waals surface area contributed by atoms with Gasteiger partial charge in [0.1, 0.15) is 68.1 Å². The number of ketones is 4. The number of aryl methyl sites for hydroxylation is 2. The van der Waals surface area contributed by atoms with Crippen molar-refractivity contribution in [2.75, 3.05) is 14.2 Å². The van der Waals surface area contributed by atoms with Crippen molar-refractivity contribution in [1.29, 1.82) is 0 Å². The van der Waals surface area contributed by atoms with Crippen LogP contribution in [0.15, 0.2) is 315 Å². The number of hydrogen-bond donors (Lipinski definition) is 12. The van der Waals surface area contributed by atoms with Crippen LogP contribution in [0.4, 0.5) is 0 Å². The van der Waals surface area contributed by atoms with Crippen molar-refractivity contribution in [1.82, 2.24) is 0 Å². The zero-order valence-electron chi connectivity index (χ0n) is 69.6. The highest BCUT2D eigenvalue weighted by Crippen LogP contribution is 2.49. The lowest BCUT2D eigenvalue weighted by atomic mass is 9.71. The summed E-state index contributed by atoms with van der Waals surface area (Å²) in [4.78, 5) is 173. The number of benzene rings is 14. The zero-order chi connectivity index (χ0) is 93.8. The Labute approximate surface area is 744 Å². The van der Waals surface area contributed by atoms with Crippen LogP contribution in [0.2, 0.25) is 0 Å². The summed E-state index contributed by atoms with van der Waals surface area (Å²) in [5.74, 6) is 1.02. The Bertz CT molecular complexity index is 6930. The molecule has 14 aromatic carbocycles. The molecule has 0 saturated carbocycles. The molecule has 12 N–H and O–H groups in total. The van der Waals surface area contributed by atoms with Gasteiger partial charge in [-0.2, -0.15) is 0 Å². The van der Waals surface area contributed by atoms with Crippen molar-refractivity contribution in [2.24, 2.45) is 0 Å². The molecule has 2 unspecified atom stereocenters. The Balaban J connectivity index is 0.000000223. The third-order valence-electron chi connectivity index (χ3n) is 21.7. The Morgan fingerprint density at radius 1 is 0.231 bits per heavy atom. The van der Waals surface area contributed by atoms with Gasteiger partial charge in [-0.15, -0.1) is 0 Å². The van der Waals surface area contributed by atoms with Gasteiger partial charge in [-0.1, -0.05) is 120 Å². The van der Waals surface area contributed by atoms with Crippen LogP contribution < -0.4 is 60.2 Å². The number of methoxy groups -OCH3 is 2. The van der Waals surface area contributed by atoms with Crippen molar-refractivity contribution >= 4 is 101 Å². The molecule has 0 amide bonds. The quantitative estimate of drug-likeness (QED) is 0.0113. The topological polar surface area (TPSA) is 469 Å². The maximum Gasteiger partial charge on any atom is 0.359 e. The van der Waals surface area contributed by atoms with Crippen molar-refractivity contribution in [3.63, 3.8) is 0 Å². The van der Waals surface area contributed by atoms with Gasteiger partial charge < -0.3 is 87.1 Å². The number of rotatable bonds is 30. The first kappa shape index (κ1) is 95.1. The van der Waals surface area contributed by atoms with Crippen LogP contribution >= 0.6 is 45.6 Å². The first-order valence-electron chi connectivity index (χ1n) is 39.2. The third kappa shape index (κ3) is 21.8. The standard InChI is InChI=1S/C48H42O17P4.C48H40O11P2/c1-29-4-6-30(7-5-29)46(49)31-8-18-38(19-9-31)65-42-24-15-35(27-45(42)69(60,61)62)48(2,34-14-23-41(63-3)44(26-34)68(57,58)59)33-12-20-37(21-13-33)64-36-16-10-32(11-17-36)47(50)40-28-39(66(51,52)53)22-25-43(40)67(54,55)56;1-31-4-6-32(7-5-31)46(49)33-8-18-39(19-9-33)58-41-24-14-36(15-25-41)48(2,35-12-22-38(57-3)23-13-35)37-16-26-42(27-17-37)59-40-20-10-34(11-21-40)47(50)44-30-43(60(51,52)53)28-29-45(44)61(54,55)56/h4-28H,1-3H3,(H2,51,52,53)(H2,54,55,56)(H2,57,58,59)(H2,60,61,62);4-30H,1-3H3,(H2,51,52,53)(H2,54,55,56). The maximum atomic E-state index is 13.4. The second-order valence-corrected chi connectivity index (χ2v) is 39.8. The van der Waals surface area contributed by atoms with Crippen LogP contribution in [-0.4, -0.2) is 96.1 Å². The second kappa shape index (κ2) is 38.3. The fraction of sp³-hybridized carbons (Fsp3) is 0.0833. The Morgan fingerprint density at radius 2 is 0.462 bits per heavy atom. The van der Waals surface area contributed by atoms with E-state index in [1.54, 1.807) is 86.8 Å². The molecule has 0 saturated heterocycles. The van der Waals surface area contributed by atoms with Gasteiger partial charge in [-0.25, -0.2) is 0 Å². The monoisotopic (exact) mass is 1870 g/mol. The SMILES string of the molecule is COc1ccc(C(C)(c2ccc(Oc3ccc(C(=O)c4cc(P(=O)(O)O)ccc4P(=O)(O)O)cc3)cc2)c2ccc(Oc3ccc(C(=O)c4ccc(C)cc4)cc3)c(P(=O)(O)O)c2)cc1P(=O)(O)O.COc1ccc(C(C)(c2ccc(Oc3ccc(C(=O)c4ccc(C)cc4)cc3)cc2)c2ccc(Oc3ccc(C(=O)c4cc(P(=O)(O)O)ccc4P(=O)(O)O)cc3)cc2)cc1. The van der Waals surface area contributed by atoms with Crippen LogP contribution in [-0.2, 0) is 38.2 Å². The van der Waals surface area contributed by atoms with Crippen molar-refractivity contribution in [3.05, 3.63) is 404 Å². The smallest absolute Gasteiger partial charge is 0.359 e. The van der Waals surface area contributed by atoms with Gasteiger partial charge in [0.2, 0.25) is 0 Å². The molecule has 0 fully saturated rings. The molecule has 0 aliphatic carbocycles. The van der Waals surface area contributed by atoms with Crippen LogP contribution in [0.25, 0.3) is 0 Å². The minimum Gasteiger partial charge on any atom is -0.497 e. The molecule has 0 heterocycles. The van der Waals surface area contributed by atoms with Crippen LogP contribution in [0.1, 0.15) is 122 Å². The van der Waals surface area contributed by atoms with E-state index in [0.717, 1.165) is 70.0 Å². The molecule has 130 heavy (non-hydrogen) atoms. The first-order valence-corrected chi connectivity index (χ1v) is 48.9. The largest absolute Gasteiger partial charge is 0.497 e. The molecule has 664 valence electrons. The number of ether oxygens (including phenoxy) is 6. The lowest BCUT2D eigenvalue weighted by Crippen LogP contribution is -2.28. The van der Waals surface area contributed by atoms with E-state index in [2.05, 4.69) is 6.92 Å². The fourth-order valence-electron chi connectivity index (χ4n) is 14.4. The highest BCUT2D eigenvalue weighted by atomic mass is 31.2. The molecule has 0 aliphatic heterocycles. The van der Waals surface area contributed by atoms with Gasteiger partial charge in [0.25, 0.3) is 0 Å². The summed E-state index contributed by atoms with van der Waals surface area (Å²) in [6.45, 7) is 7.68. The second-order valence-electron chi connectivity index (χ2n) is 30.3. The molecule has 0 aliphatic rings. The van der Waals surface area contributed by atoms with Gasteiger partial charge in [0, 0.05) is 55.3 Å². The van der Waals surface area contributed by atoms with E-state index in [9.17, 15) is 105 Å². The predicted octanol–water partition coefficient (Wildman–Crippen LogP) is 15.6. The minimum absolute atomic E-state index is 0.0233. The average molecular weight is 1870 g/mol. The van der Waals surface area contributed by atoms with Crippen LogP contribution in [0.3, 0.4) is 0 Å². The minimum atomic E-state index is -5.11. The molecule has 34 heteroatoms. The first-order chi connectivity index (χ1) is 61.3. The molecular weight excluding hydrogens is 1790 g/mol. The Morgan fingerprint density at radius 3 is 0.731 bits per heavy atom. The van der Waals surface area contributed by atoms with Crippen molar-refractivity contribution < 1.29 is 134 Å². The molecule has 0 bridgehead atoms. The number of carbonyl (C=O) groups excluding carboxylic acids is 4. The Kier molecular flexibility index (Phi) is 28.0. The molecule has 0 spiro atoms. The van der Waals surface area contributed by atoms with Gasteiger partial charge in [0.05, 0.1) is 35.4 Å². The summed E-state index contributed by atoms with van der Waals surface area (Å²) in [6.07, 6.45) is 0. The van der Waals surface area contributed by atoms with E-state index in [4.69, 9.17) is 28.4 Å². The predicted molar refractivity (Wildman–Crippen MR) is 488 cm³/mol. The molecule has 28 nitrogen and oxygen atoms in total. The van der Waals surface area contributed by atoms with E-state index in [-0.39, 0.29) is 62.6 Å². The third-order valence-corrected chi connectivity index (χ3v) is 27.6. The molecule has 14 rings (SSSR count). The molecule has 14 aromatic rings. The van der Waals surface area contributed by atoms with E-state index < -0.39 is 111 Å². The maximum absolute atomic E-state index is 13.4. The summed E-state index contributed by atoms with van der Waals surface area (Å²) >= 11 is 0. The van der Waals surface area contributed by atoms with Gasteiger partial charge in [0.15, 0.2) is 23.1 Å². The Hall–Kier alpha value is -12.5. The van der Waals surface area contributed by atoms with Crippen LogP contribution in [0, 0.1) is 13.8 Å². The van der Waals surface area contributed by atoms with Crippen molar-refractivity contribution in [2.45, 2.75) is 38.5 Å². The lowest BCUT2D eigenvalue weighted by molar-refractivity contribution is 0.103. The summed E-state index contributed by atoms with van der Waals surface area (Å²) in [5.41, 5.74) is 4.77. The molecule has 0 radical (unpaired) electrons. The lowest BCUT2D eigenvalue weighted by Gasteiger charge is -2.33. The highest BCUT2D eigenvalue weighted by molar-refractivity contribution is 7.62. The molecular formula is C96H82O28P6. The van der Waals surface area contributed by atoms with E-state index >= 15 is 0 Å². The normalized spacial score (nSPS) is 12.8. The number of carbonyl (C=O) groups is 4. The summed E-state index contributed by atoms with van der Waals surface area (Å²) < 4.78 is 109. The van der Waals surface area contributed by atoms with Gasteiger partial charge in [-0.05, 0) is 267 Å². The van der Waals surface area contributed by atoms with Crippen LogP contribution in [0.5, 0.6) is 57.5 Å². The van der Waals surface area contributed by atoms with Crippen molar-refractivity contribution in [3.8, 4) is 57.5 Å². The fourth-order valence-corrected chi connectivity index (χ4v) is 18.5. The molecule has 2 atom stereocenters. The number of hydrogen-bond acceptors (Lipinski definition) is 16. The molecule has 0 aromatic heterocycles. The van der Waals surface area contributed by atoms with Gasteiger partial charge >= 0.3 is 45.6 Å². The summed E-state index contributed by atoms with van der Waals surface area (Å²) in [7, 11) is -26.9. The van der Waals surface area contributed by atoms with E-state index in [0.29, 0.717) is 50.8 Å². The highest BCUT2D eigenvalue weighted by Gasteiger charge is 2.39. The summed E-state index contributed by atoms with van der Waals surface area (Å²) in [5, 5.41) is -3.47. The van der Waals surface area contributed by atoms with Gasteiger partial charge in [-0.3, -0.25) is 46.6 Å². The van der Waals surface area contributed by atoms with E-state index in [1.165, 1.54) is 104 Å². The summed E-state index contributed by atoms with van der Waals surface area (Å²) in [6, 6.07) is 81.5.